The second-order valence-electron chi connectivity index (χ2n) is 4.18. The molecule has 2 aromatic heterocycles. The maximum atomic E-state index is 4.20. The van der Waals surface area contributed by atoms with Crippen molar-refractivity contribution in [3.63, 3.8) is 0 Å². The van der Waals surface area contributed by atoms with Crippen LogP contribution in [0.1, 0.15) is 12.0 Å². The van der Waals surface area contributed by atoms with Crippen LogP contribution in [-0.2, 0) is 13.6 Å². The molecule has 0 aliphatic heterocycles. The minimum atomic E-state index is 0.871. The summed E-state index contributed by atoms with van der Waals surface area (Å²) >= 11 is 0. The van der Waals surface area contributed by atoms with Crippen LogP contribution >= 0.6 is 0 Å². The molecule has 0 spiro atoms. The molecule has 0 aliphatic carbocycles. The third-order valence-electron chi connectivity index (χ3n) is 2.69. The Kier molecular flexibility index (Phi) is 4.72. The van der Waals surface area contributed by atoms with Crippen LogP contribution in [0.15, 0.2) is 36.9 Å². The number of hydrogen-bond donors (Lipinski definition) is 2. The molecule has 0 aliphatic rings. The molecule has 0 saturated carbocycles. The summed E-state index contributed by atoms with van der Waals surface area (Å²) in [7, 11) is 1.98. The van der Waals surface area contributed by atoms with E-state index in [1.54, 1.807) is 12.4 Å². The summed E-state index contributed by atoms with van der Waals surface area (Å²) in [4.78, 5) is 8.28. The van der Waals surface area contributed by atoms with Crippen LogP contribution in [0.25, 0.3) is 0 Å². The molecular formula is C13H19N5. The number of aromatic nitrogens is 3. The molecule has 0 aromatic carbocycles. The number of nitrogens with zero attached hydrogens (tertiary/aromatic N) is 3. The highest BCUT2D eigenvalue weighted by Gasteiger charge is 1.96. The first-order chi connectivity index (χ1) is 8.86. The van der Waals surface area contributed by atoms with E-state index >= 15 is 0 Å². The molecule has 0 atom stereocenters. The third kappa shape index (κ3) is 3.85. The highest BCUT2D eigenvalue weighted by atomic mass is 15.2. The van der Waals surface area contributed by atoms with E-state index in [1.807, 2.05) is 30.1 Å². The normalized spacial score (nSPS) is 10.5. The van der Waals surface area contributed by atoms with Crippen LogP contribution in [0, 0.1) is 0 Å². The van der Waals surface area contributed by atoms with E-state index in [1.165, 1.54) is 5.56 Å². The second kappa shape index (κ2) is 6.76. The molecule has 0 bridgehead atoms. The second-order valence-corrected chi connectivity index (χ2v) is 4.18. The fourth-order valence-corrected chi connectivity index (χ4v) is 1.68. The lowest BCUT2D eigenvalue weighted by Gasteiger charge is -2.07. The Hall–Kier alpha value is -1.88. The minimum absolute atomic E-state index is 0.871. The zero-order valence-corrected chi connectivity index (χ0v) is 10.6. The molecule has 5 heteroatoms. The fraction of sp³-hybridized carbons (Fsp3) is 0.385. The summed E-state index contributed by atoms with van der Waals surface area (Å²) < 4.78 is 1.98. The zero-order valence-electron chi connectivity index (χ0n) is 10.6. The Labute approximate surface area is 107 Å². The molecule has 0 saturated heterocycles. The molecule has 5 nitrogen and oxygen atoms in total. The molecular weight excluding hydrogens is 226 g/mol. The van der Waals surface area contributed by atoms with Crippen molar-refractivity contribution >= 4 is 5.95 Å². The van der Waals surface area contributed by atoms with Gasteiger partial charge >= 0.3 is 0 Å². The molecule has 18 heavy (non-hydrogen) atoms. The Bertz CT molecular complexity index is 451. The minimum Gasteiger partial charge on any atom is -0.356 e. The summed E-state index contributed by atoms with van der Waals surface area (Å²) in [6.45, 7) is 2.77. The van der Waals surface area contributed by atoms with Gasteiger partial charge in [-0.15, -0.1) is 0 Å². The molecule has 2 rings (SSSR count). The molecule has 2 aromatic rings. The lowest BCUT2D eigenvalue weighted by atomic mass is 10.3. The predicted molar refractivity (Wildman–Crippen MR) is 72.3 cm³/mol. The molecule has 0 radical (unpaired) electrons. The first kappa shape index (κ1) is 12.6. The van der Waals surface area contributed by atoms with Crippen molar-refractivity contribution < 1.29 is 0 Å². The van der Waals surface area contributed by atoms with Gasteiger partial charge in [0.05, 0.1) is 0 Å². The average Bonchev–Trinajstić information content (AvgIpc) is 2.81. The lowest BCUT2D eigenvalue weighted by Crippen LogP contribution is -2.18. The Morgan fingerprint density at radius 2 is 2.22 bits per heavy atom. The van der Waals surface area contributed by atoms with Crippen molar-refractivity contribution in [1.29, 1.82) is 0 Å². The predicted octanol–water partition coefficient (Wildman–Crippen LogP) is 1.41. The highest BCUT2D eigenvalue weighted by Crippen LogP contribution is 2.00. The van der Waals surface area contributed by atoms with Gasteiger partial charge in [0.15, 0.2) is 0 Å². The van der Waals surface area contributed by atoms with Gasteiger partial charge in [-0.1, -0.05) is 6.07 Å². The SMILES string of the molecule is Cn1ccnc1NCCCNCc1cccnc1. The van der Waals surface area contributed by atoms with Crippen molar-refractivity contribution in [1.82, 2.24) is 19.9 Å². The maximum absolute atomic E-state index is 4.20. The number of nitrogens with one attached hydrogen (secondary N) is 2. The van der Waals surface area contributed by atoms with Crippen LogP contribution in [0.2, 0.25) is 0 Å². The van der Waals surface area contributed by atoms with Gasteiger partial charge in [0.25, 0.3) is 0 Å². The van der Waals surface area contributed by atoms with Crippen LogP contribution < -0.4 is 10.6 Å². The number of aryl methyl sites for hydroxylation is 1. The van der Waals surface area contributed by atoms with E-state index in [4.69, 9.17) is 0 Å². The maximum Gasteiger partial charge on any atom is 0.202 e. The largest absolute Gasteiger partial charge is 0.356 e. The van der Waals surface area contributed by atoms with Crippen LogP contribution in [0.5, 0.6) is 0 Å². The van der Waals surface area contributed by atoms with Gasteiger partial charge in [-0.2, -0.15) is 0 Å². The summed E-state index contributed by atoms with van der Waals surface area (Å²) in [5.74, 6) is 0.919. The third-order valence-corrected chi connectivity index (χ3v) is 2.69. The quantitative estimate of drug-likeness (QED) is 0.724. The van der Waals surface area contributed by atoms with Gasteiger partial charge in [-0.05, 0) is 24.6 Å². The highest BCUT2D eigenvalue weighted by molar-refractivity contribution is 5.24. The topological polar surface area (TPSA) is 54.8 Å². The van der Waals surface area contributed by atoms with Crippen LogP contribution in [0.4, 0.5) is 5.95 Å². The molecule has 0 unspecified atom stereocenters. The van der Waals surface area contributed by atoms with E-state index in [0.29, 0.717) is 0 Å². The molecule has 2 N–H and O–H groups in total. The van der Waals surface area contributed by atoms with Gasteiger partial charge in [0.1, 0.15) is 0 Å². The smallest absolute Gasteiger partial charge is 0.202 e. The lowest BCUT2D eigenvalue weighted by molar-refractivity contribution is 0.660. The first-order valence-corrected chi connectivity index (χ1v) is 6.17. The average molecular weight is 245 g/mol. The number of imidazole rings is 1. The van der Waals surface area contributed by atoms with Gasteiger partial charge < -0.3 is 15.2 Å². The summed E-state index contributed by atoms with van der Waals surface area (Å²) in [5, 5.41) is 6.68. The molecule has 96 valence electrons. The Balaban J connectivity index is 1.56. The Morgan fingerprint density at radius 3 is 2.94 bits per heavy atom. The fourth-order valence-electron chi connectivity index (χ4n) is 1.68. The van der Waals surface area contributed by atoms with E-state index in [9.17, 15) is 0 Å². The van der Waals surface area contributed by atoms with E-state index in [-0.39, 0.29) is 0 Å². The van der Waals surface area contributed by atoms with Gasteiger partial charge in [-0.3, -0.25) is 4.98 Å². The van der Waals surface area contributed by atoms with E-state index in [0.717, 1.165) is 32.0 Å². The summed E-state index contributed by atoms with van der Waals surface area (Å²) in [6, 6.07) is 4.03. The zero-order chi connectivity index (χ0) is 12.6. The van der Waals surface area contributed by atoms with Crippen molar-refractivity contribution in [2.24, 2.45) is 7.05 Å². The van der Waals surface area contributed by atoms with E-state index in [2.05, 4.69) is 26.7 Å². The van der Waals surface area contributed by atoms with Gasteiger partial charge in [0, 0.05) is 44.9 Å². The van der Waals surface area contributed by atoms with Crippen molar-refractivity contribution in [3.8, 4) is 0 Å². The van der Waals surface area contributed by atoms with Crippen molar-refractivity contribution in [2.45, 2.75) is 13.0 Å². The first-order valence-electron chi connectivity index (χ1n) is 6.17. The number of rotatable bonds is 7. The molecule has 2 heterocycles. The molecule has 0 fully saturated rings. The van der Waals surface area contributed by atoms with Crippen molar-refractivity contribution in [2.75, 3.05) is 18.4 Å². The number of pyridine rings is 1. The number of anilines is 1. The summed E-state index contributed by atoms with van der Waals surface area (Å²) in [6.07, 6.45) is 8.47. The van der Waals surface area contributed by atoms with Crippen LogP contribution in [0.3, 0.4) is 0 Å². The standard InChI is InChI=1S/C13H19N5/c1-18-9-8-17-13(18)16-7-3-6-15-11-12-4-2-5-14-10-12/h2,4-5,8-10,15H,3,6-7,11H2,1H3,(H,16,17). The van der Waals surface area contributed by atoms with Crippen molar-refractivity contribution in [3.05, 3.63) is 42.5 Å². The number of hydrogen-bond acceptors (Lipinski definition) is 4. The van der Waals surface area contributed by atoms with Gasteiger partial charge in [-0.25, -0.2) is 4.98 Å². The van der Waals surface area contributed by atoms with E-state index < -0.39 is 0 Å². The molecule has 0 amide bonds. The Morgan fingerprint density at radius 1 is 1.28 bits per heavy atom. The monoisotopic (exact) mass is 245 g/mol. The van der Waals surface area contributed by atoms with Gasteiger partial charge in [0.2, 0.25) is 5.95 Å². The van der Waals surface area contributed by atoms with Crippen LogP contribution in [-0.4, -0.2) is 27.6 Å². The summed E-state index contributed by atoms with van der Waals surface area (Å²) in [5.41, 5.74) is 1.22.